The normalized spacial score (nSPS) is 23.5. The van der Waals surface area contributed by atoms with Gasteiger partial charge < -0.3 is 25.3 Å². The molecule has 0 spiro atoms. The van der Waals surface area contributed by atoms with Crippen LogP contribution in [0.2, 0.25) is 0 Å². The zero-order chi connectivity index (χ0) is 24.9. The van der Waals surface area contributed by atoms with Crippen LogP contribution in [-0.4, -0.2) is 81.4 Å². The van der Waals surface area contributed by atoms with Gasteiger partial charge >= 0.3 is 6.30 Å². The van der Waals surface area contributed by atoms with Crippen LogP contribution in [0.15, 0.2) is 35.4 Å². The second-order valence-electron chi connectivity index (χ2n) is 7.98. The number of halogens is 6. The molecular formula is C20H18F6N4O4. The van der Waals surface area contributed by atoms with Gasteiger partial charge in [0.2, 0.25) is 0 Å². The van der Waals surface area contributed by atoms with E-state index in [2.05, 4.69) is 5.32 Å². The van der Waals surface area contributed by atoms with Crippen molar-refractivity contribution >= 4 is 11.8 Å². The van der Waals surface area contributed by atoms with Crippen LogP contribution in [0.25, 0.3) is 0 Å². The van der Waals surface area contributed by atoms with E-state index in [1.807, 2.05) is 0 Å². The number of hydrogen-bond acceptors (Lipinski definition) is 6. The van der Waals surface area contributed by atoms with Gasteiger partial charge in [0.05, 0.1) is 11.6 Å². The number of carbonyl (C=O) groups is 2. The lowest BCUT2D eigenvalue weighted by Gasteiger charge is -2.43. The molecular weight excluding hydrogens is 474 g/mol. The van der Waals surface area contributed by atoms with Crippen molar-refractivity contribution in [3.8, 4) is 0 Å². The highest BCUT2D eigenvalue weighted by Gasteiger charge is 2.48. The first-order valence-electron chi connectivity index (χ1n) is 10.0. The van der Waals surface area contributed by atoms with Gasteiger partial charge in [0.25, 0.3) is 11.8 Å². The fourth-order valence-corrected chi connectivity index (χ4v) is 4.13. The number of amides is 2. The first-order valence-corrected chi connectivity index (χ1v) is 10.0. The molecule has 8 nitrogen and oxygen atoms in total. The van der Waals surface area contributed by atoms with Crippen LogP contribution in [0.4, 0.5) is 26.3 Å². The van der Waals surface area contributed by atoms with Gasteiger partial charge in [0.15, 0.2) is 5.76 Å². The van der Waals surface area contributed by atoms with E-state index in [-0.39, 0.29) is 18.0 Å². The predicted octanol–water partition coefficient (Wildman–Crippen LogP) is 1.10. The topological polar surface area (TPSA) is 96.3 Å². The van der Waals surface area contributed by atoms with Crippen LogP contribution in [0, 0.1) is 17.5 Å². The van der Waals surface area contributed by atoms with Crippen molar-refractivity contribution in [1.82, 2.24) is 20.0 Å². The van der Waals surface area contributed by atoms with Crippen LogP contribution in [0.5, 0.6) is 0 Å². The van der Waals surface area contributed by atoms with Gasteiger partial charge in [-0.25, -0.2) is 18.1 Å². The summed E-state index contributed by atoms with van der Waals surface area (Å²) in [6.07, 6.45) is -5.76. The van der Waals surface area contributed by atoms with E-state index < -0.39 is 89.9 Å². The second-order valence-corrected chi connectivity index (χ2v) is 7.98. The molecule has 184 valence electrons. The molecule has 14 heteroatoms. The maximum absolute atomic E-state index is 13.8. The van der Waals surface area contributed by atoms with Gasteiger partial charge in [-0.1, -0.05) is 0 Å². The van der Waals surface area contributed by atoms with Gasteiger partial charge in [-0.05, 0) is 0 Å². The number of aliphatic hydroxyl groups excluding tert-OH is 2. The minimum atomic E-state index is -4.68. The first-order chi connectivity index (χ1) is 15.9. The smallest absolute Gasteiger partial charge is 0.460 e. The highest BCUT2D eigenvalue weighted by molar-refractivity contribution is 5.99. The summed E-state index contributed by atoms with van der Waals surface area (Å²) in [5, 5.41) is 23.0. The van der Waals surface area contributed by atoms with E-state index in [0.717, 1.165) is 16.0 Å². The molecule has 0 radical (unpaired) electrons. The van der Waals surface area contributed by atoms with E-state index in [1.165, 1.54) is 0 Å². The lowest BCUT2D eigenvalue weighted by molar-refractivity contribution is -0.245. The van der Waals surface area contributed by atoms with E-state index in [4.69, 9.17) is 0 Å². The van der Waals surface area contributed by atoms with Crippen molar-refractivity contribution in [3.63, 3.8) is 0 Å². The standard InChI is InChI=1S/C20H18F6N4O4/c21-9-3-13(22)11(14(23)4-9)5-27-18(33)12-8-30-10-6-28(1-2-29(7-10)20(24,25)26)19(34)15(30)17(32)16(12)31/h3-4,8,10,16,31-32H,1-2,5-7H2,(H,27,33). The monoisotopic (exact) mass is 492 g/mol. The summed E-state index contributed by atoms with van der Waals surface area (Å²) in [5.41, 5.74) is -1.69. The fourth-order valence-electron chi connectivity index (χ4n) is 4.13. The molecule has 2 bridgehead atoms. The second kappa shape index (κ2) is 8.51. The number of alkyl halides is 3. The Morgan fingerprint density at radius 1 is 1.12 bits per heavy atom. The highest BCUT2D eigenvalue weighted by Crippen LogP contribution is 2.34. The summed E-state index contributed by atoms with van der Waals surface area (Å²) in [6.45, 7) is -2.23. The Bertz CT molecular complexity index is 1080. The first kappa shape index (κ1) is 23.9. The molecule has 1 aromatic carbocycles. The van der Waals surface area contributed by atoms with E-state index in [9.17, 15) is 46.1 Å². The number of fused-ring (bicyclic) bond motifs is 4. The molecule has 0 saturated carbocycles. The number of piperazine rings is 1. The Morgan fingerprint density at radius 2 is 1.76 bits per heavy atom. The summed E-state index contributed by atoms with van der Waals surface area (Å²) in [7, 11) is 0. The molecule has 1 aromatic rings. The maximum Gasteiger partial charge on any atom is 0.460 e. The minimum Gasteiger partial charge on any atom is -0.507 e. The van der Waals surface area contributed by atoms with Crippen LogP contribution in [-0.2, 0) is 16.1 Å². The third-order valence-electron chi connectivity index (χ3n) is 5.87. The predicted molar refractivity (Wildman–Crippen MR) is 102 cm³/mol. The molecule has 0 aliphatic carbocycles. The molecule has 4 rings (SSSR count). The molecule has 0 aromatic heterocycles. The molecule has 2 saturated heterocycles. The summed E-state index contributed by atoms with van der Waals surface area (Å²) >= 11 is 0. The number of aliphatic hydroxyl groups is 2. The van der Waals surface area contributed by atoms with Crippen LogP contribution < -0.4 is 5.32 Å². The molecule has 2 atom stereocenters. The van der Waals surface area contributed by atoms with Gasteiger partial charge in [-0.15, -0.1) is 0 Å². The lowest BCUT2D eigenvalue weighted by atomic mass is 9.98. The van der Waals surface area contributed by atoms with Crippen molar-refractivity contribution in [2.24, 2.45) is 0 Å². The quantitative estimate of drug-likeness (QED) is 0.432. The van der Waals surface area contributed by atoms with Crippen LogP contribution in [0.3, 0.4) is 0 Å². The van der Waals surface area contributed by atoms with Crippen molar-refractivity contribution in [2.75, 3.05) is 26.2 Å². The fraction of sp³-hybridized carbons (Fsp3) is 0.400. The molecule has 3 aliphatic heterocycles. The number of hydrogen-bond donors (Lipinski definition) is 3. The Kier molecular flexibility index (Phi) is 5.97. The van der Waals surface area contributed by atoms with Crippen LogP contribution >= 0.6 is 0 Å². The third kappa shape index (κ3) is 4.18. The number of benzene rings is 1. The Morgan fingerprint density at radius 3 is 2.38 bits per heavy atom. The summed E-state index contributed by atoms with van der Waals surface area (Å²) in [4.78, 5) is 27.7. The maximum atomic E-state index is 13.8. The highest BCUT2D eigenvalue weighted by atomic mass is 19.4. The lowest BCUT2D eigenvalue weighted by Crippen LogP contribution is -2.56. The summed E-state index contributed by atoms with van der Waals surface area (Å²) in [6, 6.07) is -0.200. The Labute approximate surface area is 188 Å². The van der Waals surface area contributed by atoms with Gasteiger partial charge in [0.1, 0.15) is 29.3 Å². The zero-order valence-corrected chi connectivity index (χ0v) is 17.2. The minimum absolute atomic E-state index is 0.129. The third-order valence-corrected chi connectivity index (χ3v) is 5.87. The average Bonchev–Trinajstić information content (AvgIpc) is 2.94. The van der Waals surface area contributed by atoms with Gasteiger partial charge in [0, 0.05) is 56.6 Å². The van der Waals surface area contributed by atoms with Gasteiger partial charge in [-0.2, -0.15) is 13.2 Å². The van der Waals surface area contributed by atoms with Crippen LogP contribution in [0.1, 0.15) is 5.56 Å². The molecule has 3 heterocycles. The largest absolute Gasteiger partial charge is 0.507 e. The number of nitrogens with one attached hydrogen (secondary N) is 1. The SMILES string of the molecule is O=C(NCc1c(F)cc(F)cc1F)C1=CN2C(=C(O)C1O)C(=O)N1CCN(C(F)(F)F)CC2C1. The Hall–Kier alpha value is -3.26. The van der Waals surface area contributed by atoms with Crippen molar-refractivity contribution in [3.05, 3.63) is 58.4 Å². The van der Waals surface area contributed by atoms with Crippen molar-refractivity contribution < 1.29 is 46.1 Å². The molecule has 3 aliphatic rings. The van der Waals surface area contributed by atoms with E-state index >= 15 is 0 Å². The van der Waals surface area contributed by atoms with E-state index in [0.29, 0.717) is 12.1 Å². The number of nitrogens with zero attached hydrogens (tertiary/aromatic N) is 3. The summed E-state index contributed by atoms with van der Waals surface area (Å²) < 4.78 is 80.7. The molecule has 3 N–H and O–H groups in total. The number of rotatable bonds is 3. The molecule has 34 heavy (non-hydrogen) atoms. The average molecular weight is 492 g/mol. The Balaban J connectivity index is 1.61. The number of carbonyl (C=O) groups excluding carboxylic acids is 2. The van der Waals surface area contributed by atoms with Crippen molar-refractivity contribution in [2.45, 2.75) is 25.0 Å². The molecule has 2 amide bonds. The zero-order valence-electron chi connectivity index (χ0n) is 17.2. The molecule has 2 fully saturated rings. The summed E-state index contributed by atoms with van der Waals surface area (Å²) in [5.74, 6) is -6.58. The molecule has 2 unspecified atom stereocenters. The van der Waals surface area contributed by atoms with Gasteiger partial charge in [-0.3, -0.25) is 9.59 Å². The van der Waals surface area contributed by atoms with Crippen molar-refractivity contribution in [1.29, 1.82) is 0 Å². The van der Waals surface area contributed by atoms with E-state index in [1.54, 1.807) is 0 Å².